The number of fused-ring (bicyclic) bond motifs is 1. The number of carbonyl (C=O) groups is 1. The SMILES string of the molecule is C=C(C)C1=CCC2CC=CC(=O)N2C1. The van der Waals surface area contributed by atoms with Crippen LogP contribution in [0.15, 0.2) is 36.0 Å². The van der Waals surface area contributed by atoms with E-state index in [0.717, 1.165) is 25.0 Å². The maximum atomic E-state index is 11.6. The zero-order valence-electron chi connectivity index (χ0n) is 8.49. The highest BCUT2D eigenvalue weighted by Gasteiger charge is 2.27. The van der Waals surface area contributed by atoms with E-state index in [4.69, 9.17) is 0 Å². The summed E-state index contributed by atoms with van der Waals surface area (Å²) in [6, 6.07) is 0.385. The van der Waals surface area contributed by atoms with Crippen LogP contribution in [0.25, 0.3) is 0 Å². The van der Waals surface area contributed by atoms with Gasteiger partial charge in [-0.1, -0.05) is 24.3 Å². The summed E-state index contributed by atoms with van der Waals surface area (Å²) in [4.78, 5) is 13.5. The largest absolute Gasteiger partial charge is 0.331 e. The number of amides is 1. The summed E-state index contributed by atoms with van der Waals surface area (Å²) in [5.74, 6) is 0.146. The summed E-state index contributed by atoms with van der Waals surface area (Å²) >= 11 is 0. The number of hydrogen-bond donors (Lipinski definition) is 0. The lowest BCUT2D eigenvalue weighted by atomic mass is 9.94. The minimum atomic E-state index is 0.146. The predicted octanol–water partition coefficient (Wildman–Crippen LogP) is 2.05. The average molecular weight is 189 g/mol. The Kier molecular flexibility index (Phi) is 2.28. The minimum Gasteiger partial charge on any atom is -0.331 e. The van der Waals surface area contributed by atoms with Crippen molar-refractivity contribution in [3.05, 3.63) is 36.0 Å². The van der Waals surface area contributed by atoms with Gasteiger partial charge < -0.3 is 4.90 Å². The Morgan fingerprint density at radius 1 is 1.57 bits per heavy atom. The quantitative estimate of drug-likeness (QED) is 0.618. The molecule has 1 unspecified atom stereocenters. The van der Waals surface area contributed by atoms with Crippen molar-refractivity contribution in [2.75, 3.05) is 6.54 Å². The van der Waals surface area contributed by atoms with E-state index < -0.39 is 0 Å². The van der Waals surface area contributed by atoms with E-state index >= 15 is 0 Å². The molecule has 0 fully saturated rings. The maximum Gasteiger partial charge on any atom is 0.246 e. The van der Waals surface area contributed by atoms with Crippen LogP contribution >= 0.6 is 0 Å². The van der Waals surface area contributed by atoms with Gasteiger partial charge in [0.15, 0.2) is 0 Å². The van der Waals surface area contributed by atoms with Crippen molar-refractivity contribution in [1.82, 2.24) is 4.90 Å². The van der Waals surface area contributed by atoms with Crippen LogP contribution in [-0.4, -0.2) is 23.4 Å². The van der Waals surface area contributed by atoms with Crippen LogP contribution in [0.5, 0.6) is 0 Å². The van der Waals surface area contributed by atoms with Crippen molar-refractivity contribution in [2.45, 2.75) is 25.8 Å². The second-order valence-electron chi connectivity index (χ2n) is 4.00. The highest BCUT2D eigenvalue weighted by molar-refractivity contribution is 5.89. The highest BCUT2D eigenvalue weighted by atomic mass is 16.2. The lowest BCUT2D eigenvalue weighted by Gasteiger charge is -2.36. The van der Waals surface area contributed by atoms with Gasteiger partial charge in [-0.2, -0.15) is 0 Å². The minimum absolute atomic E-state index is 0.146. The van der Waals surface area contributed by atoms with E-state index in [-0.39, 0.29) is 5.91 Å². The summed E-state index contributed by atoms with van der Waals surface area (Å²) < 4.78 is 0. The lowest BCUT2D eigenvalue weighted by Crippen LogP contribution is -2.44. The van der Waals surface area contributed by atoms with Crippen molar-refractivity contribution in [3.63, 3.8) is 0 Å². The van der Waals surface area contributed by atoms with Crippen LogP contribution in [0.1, 0.15) is 19.8 Å². The van der Waals surface area contributed by atoms with E-state index in [2.05, 4.69) is 12.7 Å². The maximum absolute atomic E-state index is 11.6. The van der Waals surface area contributed by atoms with E-state index in [9.17, 15) is 4.79 Å². The van der Waals surface area contributed by atoms with Gasteiger partial charge in [-0.3, -0.25) is 4.79 Å². The summed E-state index contributed by atoms with van der Waals surface area (Å²) in [6.45, 7) is 6.65. The van der Waals surface area contributed by atoms with Gasteiger partial charge >= 0.3 is 0 Å². The summed E-state index contributed by atoms with van der Waals surface area (Å²) in [6.07, 6.45) is 7.83. The molecule has 2 aliphatic rings. The van der Waals surface area contributed by atoms with Crippen LogP contribution in [0, 0.1) is 0 Å². The highest BCUT2D eigenvalue weighted by Crippen LogP contribution is 2.25. The third kappa shape index (κ3) is 1.52. The van der Waals surface area contributed by atoms with Crippen LogP contribution in [0.2, 0.25) is 0 Å². The van der Waals surface area contributed by atoms with Crippen LogP contribution < -0.4 is 0 Å². The molecule has 2 heteroatoms. The fraction of sp³-hybridized carbons (Fsp3) is 0.417. The molecule has 2 rings (SSSR count). The molecule has 0 bridgehead atoms. The molecule has 1 amide bonds. The molecule has 1 atom stereocenters. The number of hydrogen-bond acceptors (Lipinski definition) is 1. The molecule has 0 radical (unpaired) electrons. The van der Waals surface area contributed by atoms with Gasteiger partial charge in [0.05, 0.1) is 0 Å². The molecule has 14 heavy (non-hydrogen) atoms. The molecule has 2 heterocycles. The Labute approximate surface area is 84.6 Å². The van der Waals surface area contributed by atoms with Crippen molar-refractivity contribution in [2.24, 2.45) is 0 Å². The Bertz CT molecular complexity index is 338. The van der Waals surface area contributed by atoms with E-state index in [0.29, 0.717) is 6.04 Å². The van der Waals surface area contributed by atoms with Gasteiger partial charge in [-0.05, 0) is 31.4 Å². The monoisotopic (exact) mass is 189 g/mol. The molecule has 0 aromatic carbocycles. The number of carbonyl (C=O) groups excluding carboxylic acids is 1. The van der Waals surface area contributed by atoms with Crippen molar-refractivity contribution in [1.29, 1.82) is 0 Å². The van der Waals surface area contributed by atoms with E-state index in [1.807, 2.05) is 17.9 Å². The first-order valence-electron chi connectivity index (χ1n) is 5.00. The summed E-state index contributed by atoms with van der Waals surface area (Å²) in [7, 11) is 0. The third-order valence-electron chi connectivity index (χ3n) is 2.92. The first-order valence-corrected chi connectivity index (χ1v) is 5.00. The van der Waals surface area contributed by atoms with Crippen LogP contribution in [0.3, 0.4) is 0 Å². The second-order valence-corrected chi connectivity index (χ2v) is 4.00. The van der Waals surface area contributed by atoms with Gasteiger partial charge in [-0.15, -0.1) is 0 Å². The topological polar surface area (TPSA) is 20.3 Å². The van der Waals surface area contributed by atoms with Crippen LogP contribution in [-0.2, 0) is 4.79 Å². The molecule has 0 aromatic rings. The van der Waals surface area contributed by atoms with Gasteiger partial charge in [0.2, 0.25) is 5.91 Å². The molecule has 0 saturated carbocycles. The molecule has 0 aliphatic carbocycles. The summed E-state index contributed by atoms with van der Waals surface area (Å²) in [5.41, 5.74) is 2.29. The molecule has 2 nitrogen and oxygen atoms in total. The Morgan fingerprint density at radius 3 is 3.07 bits per heavy atom. The van der Waals surface area contributed by atoms with Gasteiger partial charge in [0.1, 0.15) is 0 Å². The van der Waals surface area contributed by atoms with Crippen molar-refractivity contribution in [3.8, 4) is 0 Å². The molecule has 0 saturated heterocycles. The van der Waals surface area contributed by atoms with Crippen molar-refractivity contribution >= 4 is 5.91 Å². The lowest BCUT2D eigenvalue weighted by molar-refractivity contribution is -0.128. The molecular formula is C12H15NO. The van der Waals surface area contributed by atoms with E-state index in [1.165, 1.54) is 5.57 Å². The smallest absolute Gasteiger partial charge is 0.246 e. The molecule has 2 aliphatic heterocycles. The fourth-order valence-electron chi connectivity index (χ4n) is 1.99. The average Bonchev–Trinajstić information content (AvgIpc) is 2.18. The van der Waals surface area contributed by atoms with Gasteiger partial charge in [0, 0.05) is 12.6 Å². The fourth-order valence-corrected chi connectivity index (χ4v) is 1.99. The molecule has 0 spiro atoms. The normalized spacial score (nSPS) is 25.8. The first kappa shape index (κ1) is 9.25. The molecular weight excluding hydrogens is 174 g/mol. The number of rotatable bonds is 1. The Balaban J connectivity index is 2.20. The Morgan fingerprint density at radius 2 is 2.36 bits per heavy atom. The predicted molar refractivity (Wildman–Crippen MR) is 56.8 cm³/mol. The van der Waals surface area contributed by atoms with E-state index in [1.54, 1.807) is 6.08 Å². The van der Waals surface area contributed by atoms with Crippen molar-refractivity contribution < 1.29 is 4.79 Å². The third-order valence-corrected chi connectivity index (χ3v) is 2.92. The Hall–Kier alpha value is -1.31. The zero-order chi connectivity index (χ0) is 10.1. The first-order chi connectivity index (χ1) is 6.68. The second kappa shape index (κ2) is 3.45. The zero-order valence-corrected chi connectivity index (χ0v) is 8.49. The van der Waals surface area contributed by atoms with Crippen LogP contribution in [0.4, 0.5) is 0 Å². The molecule has 0 aromatic heterocycles. The molecule has 0 N–H and O–H groups in total. The standard InChI is InChI=1S/C12H15NO/c1-9(2)10-6-7-11-4-3-5-12(14)13(11)8-10/h3,5-6,11H,1,4,7-8H2,2H3. The van der Waals surface area contributed by atoms with Gasteiger partial charge in [-0.25, -0.2) is 0 Å². The van der Waals surface area contributed by atoms with Gasteiger partial charge in [0.25, 0.3) is 0 Å². The molecule has 74 valence electrons. The summed E-state index contributed by atoms with van der Waals surface area (Å²) in [5, 5.41) is 0. The number of nitrogens with zero attached hydrogens (tertiary/aromatic N) is 1.